The first-order chi connectivity index (χ1) is 8.88. The van der Waals surface area contributed by atoms with Crippen LogP contribution in [0, 0.1) is 11.3 Å². The zero-order valence-electron chi connectivity index (χ0n) is 12.2. The van der Waals surface area contributed by atoms with E-state index < -0.39 is 12.1 Å². The maximum atomic E-state index is 12.6. The standard InChI is InChI=1S/C14H24N2O3/c1-9(2)11(15-13(18)19-4)12(17)16-8-14(5-6-14)7-10(16)3/h9-11H,5-8H2,1-4H3,(H,15,18)/t10-,11+/m1/s1. The van der Waals surface area contributed by atoms with Gasteiger partial charge < -0.3 is 15.0 Å². The third-order valence-electron chi connectivity index (χ3n) is 4.40. The quantitative estimate of drug-likeness (QED) is 0.848. The fraction of sp³-hybridized carbons (Fsp3) is 0.857. The van der Waals surface area contributed by atoms with E-state index in [0.717, 1.165) is 13.0 Å². The minimum Gasteiger partial charge on any atom is -0.453 e. The third kappa shape index (κ3) is 2.85. The lowest BCUT2D eigenvalue weighted by atomic mass is 10.0. The van der Waals surface area contributed by atoms with Gasteiger partial charge in [-0.3, -0.25) is 4.79 Å². The van der Waals surface area contributed by atoms with Gasteiger partial charge in [-0.05, 0) is 37.5 Å². The van der Waals surface area contributed by atoms with E-state index in [9.17, 15) is 9.59 Å². The topological polar surface area (TPSA) is 58.6 Å². The number of rotatable bonds is 3. The molecule has 1 saturated heterocycles. The maximum Gasteiger partial charge on any atom is 0.407 e. The lowest BCUT2D eigenvalue weighted by Crippen LogP contribution is -2.52. The molecule has 2 rings (SSSR count). The van der Waals surface area contributed by atoms with Crippen LogP contribution in [-0.4, -0.2) is 42.6 Å². The van der Waals surface area contributed by atoms with Gasteiger partial charge in [0.25, 0.3) is 0 Å². The van der Waals surface area contributed by atoms with Crippen molar-refractivity contribution in [3.8, 4) is 0 Å². The van der Waals surface area contributed by atoms with Crippen LogP contribution >= 0.6 is 0 Å². The second-order valence-electron chi connectivity index (χ2n) is 6.38. The fourth-order valence-electron chi connectivity index (χ4n) is 3.03. The second-order valence-corrected chi connectivity index (χ2v) is 6.38. The molecule has 1 saturated carbocycles. The summed E-state index contributed by atoms with van der Waals surface area (Å²) in [5, 5.41) is 2.66. The molecule has 2 amide bonds. The van der Waals surface area contributed by atoms with E-state index in [1.807, 2.05) is 18.7 Å². The summed E-state index contributed by atoms with van der Waals surface area (Å²) in [6, 6.07) is -0.223. The van der Waals surface area contributed by atoms with Crippen LogP contribution in [-0.2, 0) is 9.53 Å². The molecule has 1 aliphatic heterocycles. The molecule has 1 heterocycles. The number of carbonyl (C=O) groups excluding carboxylic acids is 2. The smallest absolute Gasteiger partial charge is 0.407 e. The van der Waals surface area contributed by atoms with Crippen LogP contribution in [0.1, 0.15) is 40.0 Å². The highest BCUT2D eigenvalue weighted by molar-refractivity contribution is 5.86. The predicted molar refractivity (Wildman–Crippen MR) is 71.6 cm³/mol. The molecule has 0 aromatic carbocycles. The highest BCUT2D eigenvalue weighted by Gasteiger charge is 2.52. The van der Waals surface area contributed by atoms with Crippen LogP contribution in [0.4, 0.5) is 4.79 Å². The van der Waals surface area contributed by atoms with Crippen LogP contribution in [0.5, 0.6) is 0 Å². The molecule has 108 valence electrons. The van der Waals surface area contributed by atoms with Crippen molar-refractivity contribution in [1.82, 2.24) is 10.2 Å². The monoisotopic (exact) mass is 268 g/mol. The highest BCUT2D eigenvalue weighted by atomic mass is 16.5. The molecule has 0 bridgehead atoms. The van der Waals surface area contributed by atoms with Crippen LogP contribution in [0.3, 0.4) is 0 Å². The van der Waals surface area contributed by atoms with Crippen molar-refractivity contribution in [3.05, 3.63) is 0 Å². The Kier molecular flexibility index (Phi) is 3.74. The lowest BCUT2D eigenvalue weighted by molar-refractivity contribution is -0.135. The number of hydrogen-bond acceptors (Lipinski definition) is 3. The van der Waals surface area contributed by atoms with Crippen molar-refractivity contribution in [2.45, 2.75) is 52.1 Å². The van der Waals surface area contributed by atoms with Gasteiger partial charge in [0.2, 0.25) is 5.91 Å². The molecule has 0 aromatic heterocycles. The minimum absolute atomic E-state index is 0.0247. The van der Waals surface area contributed by atoms with Gasteiger partial charge in [-0.2, -0.15) is 0 Å². The zero-order chi connectivity index (χ0) is 14.2. The van der Waals surface area contributed by atoms with Gasteiger partial charge in [-0.15, -0.1) is 0 Å². The summed E-state index contributed by atoms with van der Waals surface area (Å²) >= 11 is 0. The summed E-state index contributed by atoms with van der Waals surface area (Å²) in [5.41, 5.74) is 0.391. The van der Waals surface area contributed by atoms with E-state index in [-0.39, 0.29) is 17.9 Å². The highest BCUT2D eigenvalue weighted by Crippen LogP contribution is 2.54. The SMILES string of the molecule is COC(=O)N[C@H](C(=O)N1CC2(CC2)C[C@H]1C)C(C)C. The Morgan fingerprint density at radius 2 is 2.00 bits per heavy atom. The molecule has 1 spiro atoms. The molecule has 2 fully saturated rings. The molecular formula is C14H24N2O3. The number of methoxy groups -OCH3 is 1. The number of amides is 2. The molecule has 1 N–H and O–H groups in total. The molecule has 0 radical (unpaired) electrons. The Bertz CT molecular complexity index is 377. The zero-order valence-corrected chi connectivity index (χ0v) is 12.2. The van der Waals surface area contributed by atoms with E-state index in [4.69, 9.17) is 0 Å². The van der Waals surface area contributed by atoms with Crippen molar-refractivity contribution < 1.29 is 14.3 Å². The predicted octanol–water partition coefficient (Wildman–Crippen LogP) is 1.77. The maximum absolute atomic E-state index is 12.6. The molecule has 5 heteroatoms. The molecule has 19 heavy (non-hydrogen) atoms. The first-order valence-corrected chi connectivity index (χ1v) is 7.03. The van der Waals surface area contributed by atoms with Gasteiger partial charge in [-0.25, -0.2) is 4.79 Å². The molecule has 2 aliphatic rings. The Morgan fingerprint density at radius 3 is 2.42 bits per heavy atom. The molecular weight excluding hydrogens is 244 g/mol. The summed E-state index contributed by atoms with van der Waals surface area (Å²) in [6.07, 6.45) is 3.03. The Balaban J connectivity index is 2.04. The van der Waals surface area contributed by atoms with Gasteiger partial charge >= 0.3 is 6.09 Å². The molecule has 1 aliphatic carbocycles. The number of likely N-dealkylation sites (tertiary alicyclic amines) is 1. The summed E-state index contributed by atoms with van der Waals surface area (Å²) in [5.74, 6) is 0.0752. The summed E-state index contributed by atoms with van der Waals surface area (Å²) in [7, 11) is 1.31. The largest absolute Gasteiger partial charge is 0.453 e. The van der Waals surface area contributed by atoms with Crippen molar-refractivity contribution in [1.29, 1.82) is 0 Å². The van der Waals surface area contributed by atoms with Crippen molar-refractivity contribution in [2.24, 2.45) is 11.3 Å². The molecule has 0 aromatic rings. The minimum atomic E-state index is -0.542. The van der Waals surface area contributed by atoms with E-state index in [2.05, 4.69) is 17.0 Å². The van der Waals surface area contributed by atoms with E-state index in [1.54, 1.807) is 0 Å². The van der Waals surface area contributed by atoms with Gasteiger partial charge in [0.05, 0.1) is 7.11 Å². The third-order valence-corrected chi connectivity index (χ3v) is 4.40. The first kappa shape index (κ1) is 14.2. The first-order valence-electron chi connectivity index (χ1n) is 7.03. The van der Waals surface area contributed by atoms with Gasteiger partial charge in [0.1, 0.15) is 6.04 Å². The Hall–Kier alpha value is -1.26. The van der Waals surface area contributed by atoms with E-state index in [0.29, 0.717) is 5.41 Å². The van der Waals surface area contributed by atoms with Gasteiger partial charge in [0, 0.05) is 12.6 Å². The Morgan fingerprint density at radius 1 is 1.37 bits per heavy atom. The van der Waals surface area contributed by atoms with Crippen LogP contribution in [0.25, 0.3) is 0 Å². The van der Waals surface area contributed by atoms with Crippen LogP contribution in [0.15, 0.2) is 0 Å². The molecule has 0 unspecified atom stereocenters. The van der Waals surface area contributed by atoms with E-state index >= 15 is 0 Å². The van der Waals surface area contributed by atoms with Gasteiger partial charge in [-0.1, -0.05) is 13.8 Å². The second kappa shape index (κ2) is 5.02. The van der Waals surface area contributed by atoms with Crippen molar-refractivity contribution in [3.63, 3.8) is 0 Å². The fourth-order valence-corrected chi connectivity index (χ4v) is 3.03. The average molecular weight is 268 g/mol. The number of nitrogens with one attached hydrogen (secondary N) is 1. The molecule has 2 atom stereocenters. The number of nitrogens with zero attached hydrogens (tertiary/aromatic N) is 1. The average Bonchev–Trinajstić information content (AvgIpc) is 3.01. The number of carbonyl (C=O) groups is 2. The van der Waals surface area contributed by atoms with Crippen LogP contribution in [0.2, 0.25) is 0 Å². The normalized spacial score (nSPS) is 25.5. The summed E-state index contributed by atoms with van der Waals surface area (Å²) in [6.45, 7) is 6.82. The number of alkyl carbamates (subject to hydrolysis) is 1. The summed E-state index contributed by atoms with van der Waals surface area (Å²) < 4.78 is 4.60. The van der Waals surface area contributed by atoms with E-state index in [1.165, 1.54) is 20.0 Å². The lowest BCUT2D eigenvalue weighted by Gasteiger charge is -2.29. The Labute approximate surface area is 114 Å². The number of hydrogen-bond donors (Lipinski definition) is 1. The van der Waals surface area contributed by atoms with Gasteiger partial charge in [0.15, 0.2) is 0 Å². The summed E-state index contributed by atoms with van der Waals surface area (Å²) in [4.78, 5) is 25.9. The van der Waals surface area contributed by atoms with Crippen molar-refractivity contribution >= 4 is 12.0 Å². The van der Waals surface area contributed by atoms with Crippen LogP contribution < -0.4 is 5.32 Å². The number of ether oxygens (including phenoxy) is 1. The molecule has 5 nitrogen and oxygen atoms in total. The van der Waals surface area contributed by atoms with Crippen molar-refractivity contribution in [2.75, 3.05) is 13.7 Å².